The molecule has 0 heterocycles. The molecule has 1 aliphatic carbocycles. The summed E-state index contributed by atoms with van der Waals surface area (Å²) in [6.07, 6.45) is -0.341. The Kier molecular flexibility index (Phi) is 6.94. The molecule has 4 rings (SSSR count). The zero-order valence-electron chi connectivity index (χ0n) is 19.3. The van der Waals surface area contributed by atoms with Gasteiger partial charge in [0.15, 0.2) is 5.60 Å². The highest BCUT2D eigenvalue weighted by molar-refractivity contribution is 6.33. The Balaban J connectivity index is 1.77. The zero-order valence-corrected chi connectivity index (χ0v) is 20.1. The van der Waals surface area contributed by atoms with Gasteiger partial charge in [0, 0.05) is 20.0 Å². The number of carbonyl (C=O) groups is 1. The highest BCUT2D eigenvalue weighted by atomic mass is 35.5. The summed E-state index contributed by atoms with van der Waals surface area (Å²) in [4.78, 5) is 14.1. The molecule has 1 fully saturated rings. The summed E-state index contributed by atoms with van der Waals surface area (Å²) in [7, 11) is 0. The average Bonchev–Trinajstić information content (AvgIpc) is 2.79. The van der Waals surface area contributed by atoms with E-state index in [9.17, 15) is 13.6 Å². The maximum absolute atomic E-state index is 14.5. The van der Waals surface area contributed by atoms with Crippen molar-refractivity contribution in [1.29, 1.82) is 0 Å². The molecule has 0 aliphatic heterocycles. The number of hydrogen-bond acceptors (Lipinski definition) is 3. The van der Waals surface area contributed by atoms with E-state index in [-0.39, 0.29) is 6.42 Å². The number of nitrogens with zero attached hydrogens (tertiary/aromatic N) is 1. The van der Waals surface area contributed by atoms with E-state index in [1.807, 2.05) is 66.7 Å². The molecule has 0 aromatic heterocycles. The Morgan fingerprint density at radius 3 is 2.03 bits per heavy atom. The first-order valence-corrected chi connectivity index (χ1v) is 11.8. The van der Waals surface area contributed by atoms with Crippen LogP contribution in [0, 0.1) is 5.92 Å². The van der Waals surface area contributed by atoms with Crippen molar-refractivity contribution in [3.05, 3.63) is 101 Å². The van der Waals surface area contributed by atoms with Crippen LogP contribution in [0.1, 0.15) is 43.4 Å². The van der Waals surface area contributed by atoms with E-state index in [1.165, 1.54) is 6.92 Å². The van der Waals surface area contributed by atoms with Crippen molar-refractivity contribution in [2.45, 2.75) is 51.3 Å². The third kappa shape index (κ3) is 4.80. The molecule has 34 heavy (non-hydrogen) atoms. The second-order valence-corrected chi connectivity index (χ2v) is 9.28. The minimum absolute atomic E-state index is 0.190. The molecule has 0 bridgehead atoms. The van der Waals surface area contributed by atoms with Crippen LogP contribution in [0.4, 0.5) is 14.5 Å². The van der Waals surface area contributed by atoms with E-state index in [2.05, 4.69) is 4.90 Å². The summed E-state index contributed by atoms with van der Waals surface area (Å²) >= 11 is 6.67. The Bertz CT molecular complexity index is 1100. The van der Waals surface area contributed by atoms with Crippen LogP contribution in [0.5, 0.6) is 0 Å². The first kappa shape index (κ1) is 24.2. The SMILES string of the molecule is CCC1C(F)(F)CC1(OC(C)=O)c1ccc(Cl)c(N(Cc2ccccc2)Cc2ccccc2)c1. The smallest absolute Gasteiger partial charge is 0.303 e. The van der Waals surface area contributed by atoms with Gasteiger partial charge in [0.05, 0.1) is 23.0 Å². The van der Waals surface area contributed by atoms with Crippen molar-refractivity contribution in [2.75, 3.05) is 4.90 Å². The molecular weight excluding hydrogens is 456 g/mol. The van der Waals surface area contributed by atoms with Gasteiger partial charge in [-0.25, -0.2) is 8.78 Å². The predicted octanol–water partition coefficient (Wildman–Crippen LogP) is 7.37. The lowest BCUT2D eigenvalue weighted by Crippen LogP contribution is -2.61. The highest BCUT2D eigenvalue weighted by Crippen LogP contribution is 2.60. The van der Waals surface area contributed by atoms with Gasteiger partial charge in [-0.15, -0.1) is 0 Å². The average molecular weight is 484 g/mol. The second-order valence-electron chi connectivity index (χ2n) is 8.88. The molecule has 1 aliphatic rings. The molecule has 0 saturated heterocycles. The molecule has 0 spiro atoms. The number of hydrogen-bond donors (Lipinski definition) is 0. The van der Waals surface area contributed by atoms with Crippen molar-refractivity contribution >= 4 is 23.3 Å². The van der Waals surface area contributed by atoms with Crippen molar-refractivity contribution < 1.29 is 18.3 Å². The van der Waals surface area contributed by atoms with Gasteiger partial charge < -0.3 is 9.64 Å². The third-order valence-corrected chi connectivity index (χ3v) is 6.83. The molecule has 6 heteroatoms. The first-order chi connectivity index (χ1) is 16.2. The Labute approximate surface area is 204 Å². The fourth-order valence-corrected chi connectivity index (χ4v) is 5.25. The third-order valence-electron chi connectivity index (χ3n) is 6.51. The van der Waals surface area contributed by atoms with Gasteiger partial charge in [-0.2, -0.15) is 0 Å². The summed E-state index contributed by atoms with van der Waals surface area (Å²) in [5.74, 6) is -4.55. The largest absolute Gasteiger partial charge is 0.454 e. The van der Waals surface area contributed by atoms with E-state index in [0.717, 1.165) is 11.1 Å². The lowest BCUT2D eigenvalue weighted by molar-refractivity contribution is -0.278. The Hall–Kier alpha value is -2.92. The van der Waals surface area contributed by atoms with Crippen LogP contribution in [-0.2, 0) is 28.2 Å². The van der Waals surface area contributed by atoms with Crippen molar-refractivity contribution in [1.82, 2.24) is 0 Å². The zero-order chi connectivity index (χ0) is 24.3. The van der Waals surface area contributed by atoms with Gasteiger partial charge in [0.25, 0.3) is 5.92 Å². The van der Waals surface area contributed by atoms with Crippen LogP contribution in [0.25, 0.3) is 0 Å². The molecule has 2 unspecified atom stereocenters. The van der Waals surface area contributed by atoms with Gasteiger partial charge in [-0.3, -0.25) is 4.79 Å². The van der Waals surface area contributed by atoms with Gasteiger partial charge in [0.2, 0.25) is 0 Å². The minimum atomic E-state index is -2.89. The van der Waals surface area contributed by atoms with Crippen LogP contribution in [-0.4, -0.2) is 11.9 Å². The maximum atomic E-state index is 14.5. The van der Waals surface area contributed by atoms with Crippen molar-refractivity contribution in [3.63, 3.8) is 0 Å². The van der Waals surface area contributed by atoms with Gasteiger partial charge in [-0.1, -0.05) is 85.3 Å². The fraction of sp³-hybridized carbons (Fsp3) is 0.321. The topological polar surface area (TPSA) is 29.5 Å². The first-order valence-electron chi connectivity index (χ1n) is 11.5. The number of carbonyl (C=O) groups excluding carboxylic acids is 1. The van der Waals surface area contributed by atoms with E-state index in [1.54, 1.807) is 19.1 Å². The number of ether oxygens (including phenoxy) is 1. The number of rotatable bonds is 8. The number of esters is 1. The van der Waals surface area contributed by atoms with Gasteiger partial charge in [0.1, 0.15) is 0 Å². The number of benzene rings is 3. The molecule has 0 N–H and O–H groups in total. The normalized spacial score (nSPS) is 20.9. The summed E-state index contributed by atoms with van der Waals surface area (Å²) in [6.45, 7) is 4.11. The molecule has 3 aromatic carbocycles. The van der Waals surface area contributed by atoms with Crippen LogP contribution < -0.4 is 4.90 Å². The Morgan fingerprint density at radius 2 is 1.56 bits per heavy atom. The van der Waals surface area contributed by atoms with Crippen LogP contribution in [0.3, 0.4) is 0 Å². The van der Waals surface area contributed by atoms with E-state index >= 15 is 0 Å². The molecule has 1 saturated carbocycles. The highest BCUT2D eigenvalue weighted by Gasteiger charge is 2.68. The van der Waals surface area contributed by atoms with Crippen LogP contribution in [0.2, 0.25) is 5.02 Å². The molecular formula is C28H28ClF2NO2. The molecule has 0 radical (unpaired) electrons. The summed E-state index contributed by atoms with van der Waals surface area (Å²) < 4.78 is 34.7. The van der Waals surface area contributed by atoms with Gasteiger partial charge in [-0.05, 0) is 35.2 Å². The van der Waals surface area contributed by atoms with E-state index < -0.39 is 29.8 Å². The van der Waals surface area contributed by atoms with E-state index in [4.69, 9.17) is 16.3 Å². The van der Waals surface area contributed by atoms with Gasteiger partial charge >= 0.3 is 5.97 Å². The number of halogens is 3. The minimum Gasteiger partial charge on any atom is -0.454 e. The summed E-state index contributed by atoms with van der Waals surface area (Å²) in [6, 6.07) is 25.2. The lowest BCUT2D eigenvalue weighted by Gasteiger charge is -2.53. The maximum Gasteiger partial charge on any atom is 0.303 e. The monoisotopic (exact) mass is 483 g/mol. The number of alkyl halides is 2. The molecule has 2 atom stereocenters. The molecule has 3 nitrogen and oxygen atoms in total. The van der Waals surface area contributed by atoms with E-state index in [0.29, 0.717) is 29.4 Å². The molecule has 0 amide bonds. The quantitative estimate of drug-likeness (QED) is 0.313. The van der Waals surface area contributed by atoms with Crippen molar-refractivity contribution in [3.8, 4) is 0 Å². The summed E-state index contributed by atoms with van der Waals surface area (Å²) in [5, 5.41) is 0.507. The van der Waals surface area contributed by atoms with Crippen molar-refractivity contribution in [2.24, 2.45) is 5.92 Å². The molecule has 3 aromatic rings. The standard InChI is InChI=1S/C28H28ClF2NO2/c1-3-26-27(34-20(2)33,19-28(26,30)31)23-14-15-24(29)25(16-23)32(17-21-10-6-4-7-11-21)18-22-12-8-5-9-13-22/h4-16,26H,3,17-19H2,1-2H3. The predicted molar refractivity (Wildman–Crippen MR) is 131 cm³/mol. The second kappa shape index (κ2) is 9.75. The fourth-order valence-electron chi connectivity index (χ4n) is 5.01. The van der Waals surface area contributed by atoms with Crippen LogP contribution in [0.15, 0.2) is 78.9 Å². The summed E-state index contributed by atoms with van der Waals surface area (Å²) in [5.41, 5.74) is 2.08. The lowest BCUT2D eigenvalue weighted by atomic mass is 9.61. The van der Waals surface area contributed by atoms with Crippen LogP contribution >= 0.6 is 11.6 Å². The Morgan fingerprint density at radius 1 is 1.00 bits per heavy atom. The molecule has 178 valence electrons. The number of anilines is 1.